The molecule has 2 fully saturated rings. The molecule has 0 aromatic heterocycles. The maximum atomic E-state index is 8.71. The molecular weight excluding hydrogens is 228 g/mol. The Hall–Kier alpha value is -0.380. The Bertz CT molecular complexity index is 264. The third kappa shape index (κ3) is 3.34. The number of rotatable bonds is 8. The SMILES string of the molecule is COC[C@@H]1[C@H](C/C=C\CCCCO)[C@@H]2CC[C@H]1O2. The lowest BCUT2D eigenvalue weighted by Crippen LogP contribution is -2.30. The Balaban J connectivity index is 1.73. The summed E-state index contributed by atoms with van der Waals surface area (Å²) in [6, 6.07) is 0. The van der Waals surface area contributed by atoms with Gasteiger partial charge in [-0.2, -0.15) is 0 Å². The molecule has 2 saturated heterocycles. The molecule has 3 heteroatoms. The van der Waals surface area contributed by atoms with Crippen molar-refractivity contribution in [1.82, 2.24) is 0 Å². The second-order valence-corrected chi connectivity index (χ2v) is 5.50. The molecule has 2 aliphatic rings. The lowest BCUT2D eigenvalue weighted by molar-refractivity contribution is 0.0684. The third-order valence-electron chi connectivity index (χ3n) is 4.30. The molecule has 104 valence electrons. The van der Waals surface area contributed by atoms with Crippen molar-refractivity contribution in [1.29, 1.82) is 0 Å². The van der Waals surface area contributed by atoms with Crippen molar-refractivity contribution >= 4 is 0 Å². The summed E-state index contributed by atoms with van der Waals surface area (Å²) in [5, 5.41) is 8.71. The normalized spacial score (nSPS) is 34.8. The number of methoxy groups -OCH3 is 1. The van der Waals surface area contributed by atoms with Gasteiger partial charge in [-0.25, -0.2) is 0 Å². The molecule has 4 atom stereocenters. The minimum atomic E-state index is 0.309. The summed E-state index contributed by atoms with van der Waals surface area (Å²) in [6.07, 6.45) is 12.1. The van der Waals surface area contributed by atoms with E-state index in [1.54, 1.807) is 7.11 Å². The van der Waals surface area contributed by atoms with Crippen LogP contribution in [0.1, 0.15) is 38.5 Å². The van der Waals surface area contributed by atoms with Crippen LogP contribution >= 0.6 is 0 Å². The van der Waals surface area contributed by atoms with E-state index in [4.69, 9.17) is 14.6 Å². The van der Waals surface area contributed by atoms with Gasteiger partial charge in [-0.15, -0.1) is 0 Å². The highest BCUT2D eigenvalue weighted by atomic mass is 16.5. The molecule has 0 aromatic rings. The monoisotopic (exact) mass is 254 g/mol. The van der Waals surface area contributed by atoms with E-state index in [0.29, 0.717) is 30.7 Å². The van der Waals surface area contributed by atoms with Gasteiger partial charge in [0.25, 0.3) is 0 Å². The molecule has 0 amide bonds. The molecule has 2 aliphatic heterocycles. The number of aliphatic hydroxyl groups excluding tert-OH is 1. The van der Waals surface area contributed by atoms with E-state index in [-0.39, 0.29) is 0 Å². The van der Waals surface area contributed by atoms with Gasteiger partial charge in [0.2, 0.25) is 0 Å². The van der Waals surface area contributed by atoms with Crippen LogP contribution in [0.5, 0.6) is 0 Å². The minimum absolute atomic E-state index is 0.309. The van der Waals surface area contributed by atoms with Crippen molar-refractivity contribution in [3.05, 3.63) is 12.2 Å². The van der Waals surface area contributed by atoms with Crippen LogP contribution in [0.4, 0.5) is 0 Å². The van der Waals surface area contributed by atoms with Crippen LogP contribution in [-0.2, 0) is 9.47 Å². The van der Waals surface area contributed by atoms with E-state index in [1.807, 2.05) is 0 Å². The molecule has 0 spiro atoms. The number of hydrogen-bond donors (Lipinski definition) is 1. The lowest BCUT2D eigenvalue weighted by Gasteiger charge is -2.26. The van der Waals surface area contributed by atoms with Crippen LogP contribution in [0.25, 0.3) is 0 Å². The maximum Gasteiger partial charge on any atom is 0.0633 e. The summed E-state index contributed by atoms with van der Waals surface area (Å²) in [5.74, 6) is 1.24. The Labute approximate surface area is 110 Å². The zero-order valence-corrected chi connectivity index (χ0v) is 11.4. The third-order valence-corrected chi connectivity index (χ3v) is 4.30. The molecule has 0 aliphatic carbocycles. The number of fused-ring (bicyclic) bond motifs is 2. The summed E-state index contributed by atoms with van der Waals surface area (Å²) in [4.78, 5) is 0. The highest BCUT2D eigenvalue weighted by molar-refractivity contribution is 4.99. The van der Waals surface area contributed by atoms with Gasteiger partial charge in [-0.05, 0) is 44.4 Å². The summed E-state index contributed by atoms with van der Waals surface area (Å²) >= 11 is 0. The first-order valence-electron chi connectivity index (χ1n) is 7.27. The van der Waals surface area contributed by atoms with Crippen molar-refractivity contribution in [2.75, 3.05) is 20.3 Å². The van der Waals surface area contributed by atoms with Crippen LogP contribution in [0.2, 0.25) is 0 Å². The Morgan fingerprint density at radius 3 is 2.67 bits per heavy atom. The van der Waals surface area contributed by atoms with Crippen LogP contribution in [0.15, 0.2) is 12.2 Å². The van der Waals surface area contributed by atoms with Gasteiger partial charge in [0.1, 0.15) is 0 Å². The highest BCUT2D eigenvalue weighted by Gasteiger charge is 2.47. The van der Waals surface area contributed by atoms with Gasteiger partial charge >= 0.3 is 0 Å². The van der Waals surface area contributed by atoms with E-state index in [0.717, 1.165) is 32.3 Å². The molecule has 0 aromatic carbocycles. The topological polar surface area (TPSA) is 38.7 Å². The first-order valence-corrected chi connectivity index (χ1v) is 7.27. The lowest BCUT2D eigenvalue weighted by atomic mass is 9.78. The summed E-state index contributed by atoms with van der Waals surface area (Å²) in [5.41, 5.74) is 0. The standard InChI is InChI=1S/C15H26O3/c1-17-11-13-12(14-8-9-15(13)18-14)7-5-3-2-4-6-10-16/h3,5,12-16H,2,4,6-11H2,1H3/b5-3-/t12-,13+,14-,15+/m0/s1. The average Bonchev–Trinajstić information content (AvgIpc) is 2.96. The molecule has 2 heterocycles. The van der Waals surface area contributed by atoms with Crippen molar-refractivity contribution < 1.29 is 14.6 Å². The minimum Gasteiger partial charge on any atom is -0.396 e. The second kappa shape index (κ2) is 7.27. The number of unbranched alkanes of at least 4 members (excludes halogenated alkanes) is 2. The molecule has 2 bridgehead atoms. The molecule has 0 saturated carbocycles. The highest BCUT2D eigenvalue weighted by Crippen LogP contribution is 2.45. The second-order valence-electron chi connectivity index (χ2n) is 5.50. The summed E-state index contributed by atoms with van der Waals surface area (Å²) in [7, 11) is 1.79. The summed E-state index contributed by atoms with van der Waals surface area (Å²) in [6.45, 7) is 1.15. The van der Waals surface area contributed by atoms with Crippen molar-refractivity contribution in [3.8, 4) is 0 Å². The van der Waals surface area contributed by atoms with Gasteiger partial charge in [0.15, 0.2) is 0 Å². The predicted molar refractivity (Wildman–Crippen MR) is 71.4 cm³/mol. The predicted octanol–water partition coefficient (Wildman–Crippen LogP) is 2.54. The molecule has 18 heavy (non-hydrogen) atoms. The van der Waals surface area contributed by atoms with E-state index in [9.17, 15) is 0 Å². The first-order chi connectivity index (χ1) is 8.86. The van der Waals surface area contributed by atoms with Crippen LogP contribution in [0.3, 0.4) is 0 Å². The van der Waals surface area contributed by atoms with Gasteiger partial charge in [-0.1, -0.05) is 12.2 Å². The summed E-state index contributed by atoms with van der Waals surface area (Å²) < 4.78 is 11.3. The van der Waals surface area contributed by atoms with E-state index in [1.165, 1.54) is 12.8 Å². The number of allylic oxidation sites excluding steroid dienone is 2. The van der Waals surface area contributed by atoms with Crippen LogP contribution in [0, 0.1) is 11.8 Å². The van der Waals surface area contributed by atoms with Crippen molar-refractivity contribution in [3.63, 3.8) is 0 Å². The van der Waals surface area contributed by atoms with E-state index in [2.05, 4.69) is 12.2 Å². The van der Waals surface area contributed by atoms with Crippen LogP contribution in [-0.4, -0.2) is 37.6 Å². The van der Waals surface area contributed by atoms with Crippen molar-refractivity contribution in [2.45, 2.75) is 50.7 Å². The Morgan fingerprint density at radius 1 is 1.17 bits per heavy atom. The molecule has 2 rings (SSSR count). The van der Waals surface area contributed by atoms with Gasteiger partial charge in [-0.3, -0.25) is 0 Å². The largest absolute Gasteiger partial charge is 0.396 e. The number of ether oxygens (including phenoxy) is 2. The number of hydrogen-bond acceptors (Lipinski definition) is 3. The molecule has 1 N–H and O–H groups in total. The zero-order chi connectivity index (χ0) is 12.8. The smallest absolute Gasteiger partial charge is 0.0633 e. The molecular formula is C15H26O3. The van der Waals surface area contributed by atoms with Crippen LogP contribution < -0.4 is 0 Å². The van der Waals surface area contributed by atoms with Crippen molar-refractivity contribution in [2.24, 2.45) is 11.8 Å². The maximum absolute atomic E-state index is 8.71. The molecule has 0 unspecified atom stereocenters. The molecule has 0 radical (unpaired) electrons. The fourth-order valence-electron chi connectivity index (χ4n) is 3.37. The molecule has 3 nitrogen and oxygen atoms in total. The first kappa shape index (κ1) is 14.0. The van der Waals surface area contributed by atoms with E-state index < -0.39 is 0 Å². The Morgan fingerprint density at radius 2 is 1.94 bits per heavy atom. The fourth-order valence-corrected chi connectivity index (χ4v) is 3.37. The van der Waals surface area contributed by atoms with Gasteiger partial charge in [0, 0.05) is 19.6 Å². The quantitative estimate of drug-likeness (QED) is 0.534. The Kier molecular flexibility index (Phi) is 5.67. The van der Waals surface area contributed by atoms with Gasteiger partial charge < -0.3 is 14.6 Å². The van der Waals surface area contributed by atoms with Gasteiger partial charge in [0.05, 0.1) is 18.8 Å². The average molecular weight is 254 g/mol. The van der Waals surface area contributed by atoms with E-state index >= 15 is 0 Å². The zero-order valence-electron chi connectivity index (χ0n) is 11.4. The number of aliphatic hydroxyl groups is 1. The fraction of sp³-hybridized carbons (Fsp3) is 0.867.